The van der Waals surface area contributed by atoms with Crippen molar-refractivity contribution in [3.63, 3.8) is 0 Å². The van der Waals surface area contributed by atoms with E-state index in [1.807, 2.05) is 19.1 Å². The van der Waals surface area contributed by atoms with Gasteiger partial charge in [-0.05, 0) is 61.2 Å². The summed E-state index contributed by atoms with van der Waals surface area (Å²) in [5.74, 6) is 0.511. The highest BCUT2D eigenvalue weighted by molar-refractivity contribution is 7.89. The molecule has 0 spiro atoms. The molecule has 1 aromatic heterocycles. The molecule has 1 aliphatic heterocycles. The van der Waals surface area contributed by atoms with Gasteiger partial charge >= 0.3 is 0 Å². The zero-order valence-corrected chi connectivity index (χ0v) is 16.9. The molecule has 29 heavy (non-hydrogen) atoms. The number of hydrogen-bond acceptors (Lipinski definition) is 5. The number of sulfonamides is 1. The minimum atomic E-state index is -3.50. The van der Waals surface area contributed by atoms with Gasteiger partial charge in [0, 0.05) is 24.6 Å². The minimum absolute atomic E-state index is 0.00520. The van der Waals surface area contributed by atoms with Gasteiger partial charge in [0.2, 0.25) is 21.8 Å². The van der Waals surface area contributed by atoms with Gasteiger partial charge in [0.25, 0.3) is 0 Å². The molecule has 1 aliphatic rings. The first-order valence-electron chi connectivity index (χ1n) is 9.66. The summed E-state index contributed by atoms with van der Waals surface area (Å²) in [7, 11) is -3.50. The van der Waals surface area contributed by atoms with E-state index in [1.54, 1.807) is 24.3 Å². The van der Waals surface area contributed by atoms with E-state index in [4.69, 9.17) is 4.42 Å². The number of nitrogens with zero attached hydrogens (tertiary/aromatic N) is 3. The largest absolute Gasteiger partial charge is 0.420 e. The van der Waals surface area contributed by atoms with Crippen LogP contribution in [-0.2, 0) is 16.4 Å². The summed E-state index contributed by atoms with van der Waals surface area (Å²) in [6, 6.07) is 12.9. The molecule has 0 unspecified atom stereocenters. The van der Waals surface area contributed by atoms with Crippen LogP contribution in [0.5, 0.6) is 0 Å². The van der Waals surface area contributed by atoms with E-state index < -0.39 is 10.0 Å². The molecule has 2 aromatic carbocycles. The highest BCUT2D eigenvalue weighted by Crippen LogP contribution is 2.31. The van der Waals surface area contributed by atoms with Crippen LogP contribution in [0, 0.1) is 5.82 Å². The van der Waals surface area contributed by atoms with Gasteiger partial charge in [-0.15, -0.1) is 10.2 Å². The topological polar surface area (TPSA) is 76.3 Å². The van der Waals surface area contributed by atoms with Gasteiger partial charge in [-0.25, -0.2) is 12.8 Å². The standard InChI is InChI=1S/C21H22FN3O3S/c1-2-15-3-9-19(10-4-15)29(26,27)25-13-11-17(12-14-25)21-24-23-20(28-21)16-5-7-18(22)8-6-16/h3-10,17H,2,11-14H2,1H3. The summed E-state index contributed by atoms with van der Waals surface area (Å²) in [5, 5.41) is 8.18. The molecule has 6 nitrogen and oxygen atoms in total. The Labute approximate surface area is 169 Å². The van der Waals surface area contributed by atoms with Crippen LogP contribution in [0.4, 0.5) is 4.39 Å². The summed E-state index contributed by atoms with van der Waals surface area (Å²) in [5.41, 5.74) is 1.76. The third kappa shape index (κ3) is 4.09. The number of hydrogen-bond donors (Lipinski definition) is 0. The van der Waals surface area contributed by atoms with E-state index in [1.165, 1.54) is 16.4 Å². The van der Waals surface area contributed by atoms with Crippen molar-refractivity contribution in [2.24, 2.45) is 0 Å². The Balaban J connectivity index is 1.43. The fraction of sp³-hybridized carbons (Fsp3) is 0.333. The maximum absolute atomic E-state index is 13.1. The van der Waals surface area contributed by atoms with Crippen molar-refractivity contribution in [3.8, 4) is 11.5 Å². The second-order valence-corrected chi connectivity index (χ2v) is 9.07. The van der Waals surface area contributed by atoms with Gasteiger partial charge in [-0.3, -0.25) is 0 Å². The molecule has 8 heteroatoms. The highest BCUT2D eigenvalue weighted by atomic mass is 32.2. The van der Waals surface area contributed by atoms with Crippen molar-refractivity contribution < 1.29 is 17.2 Å². The molecule has 0 saturated carbocycles. The van der Waals surface area contributed by atoms with E-state index in [-0.39, 0.29) is 11.7 Å². The Hall–Kier alpha value is -2.58. The summed E-state index contributed by atoms with van der Waals surface area (Å²) in [4.78, 5) is 0.324. The van der Waals surface area contributed by atoms with Crippen LogP contribution in [-0.4, -0.2) is 36.0 Å². The summed E-state index contributed by atoms with van der Waals surface area (Å²) in [6.07, 6.45) is 2.09. The van der Waals surface area contributed by atoms with Crippen molar-refractivity contribution >= 4 is 10.0 Å². The molecule has 0 amide bonds. The molecule has 1 fully saturated rings. The number of rotatable bonds is 5. The Morgan fingerprint density at radius 3 is 2.31 bits per heavy atom. The average molecular weight is 415 g/mol. The fourth-order valence-electron chi connectivity index (χ4n) is 3.50. The maximum atomic E-state index is 13.1. The molecule has 152 valence electrons. The van der Waals surface area contributed by atoms with Crippen molar-refractivity contribution in [3.05, 3.63) is 65.8 Å². The Morgan fingerprint density at radius 1 is 1.03 bits per heavy atom. The smallest absolute Gasteiger partial charge is 0.247 e. The third-order valence-electron chi connectivity index (χ3n) is 5.30. The quantitative estimate of drug-likeness (QED) is 0.629. The van der Waals surface area contributed by atoms with E-state index in [0.717, 1.165) is 12.0 Å². The Morgan fingerprint density at radius 2 is 1.69 bits per heavy atom. The molecule has 0 radical (unpaired) electrons. The Kier molecular flexibility index (Phi) is 5.47. The molecule has 4 rings (SSSR count). The molecule has 2 heterocycles. The molecule has 0 atom stereocenters. The van der Waals surface area contributed by atoms with E-state index in [2.05, 4.69) is 10.2 Å². The SMILES string of the molecule is CCc1ccc(S(=O)(=O)N2CCC(c3nnc(-c4ccc(F)cc4)o3)CC2)cc1. The maximum Gasteiger partial charge on any atom is 0.247 e. The molecular formula is C21H22FN3O3S. The molecule has 1 saturated heterocycles. The second kappa shape index (κ2) is 8.04. The van der Waals surface area contributed by atoms with Gasteiger partial charge in [-0.2, -0.15) is 4.31 Å². The molecule has 0 N–H and O–H groups in total. The third-order valence-corrected chi connectivity index (χ3v) is 7.22. The zero-order valence-electron chi connectivity index (χ0n) is 16.1. The number of benzene rings is 2. The molecule has 0 aliphatic carbocycles. The number of aromatic nitrogens is 2. The molecule has 0 bridgehead atoms. The lowest BCUT2D eigenvalue weighted by Crippen LogP contribution is -2.37. The first-order chi connectivity index (χ1) is 14.0. The minimum Gasteiger partial charge on any atom is -0.420 e. The van der Waals surface area contributed by atoms with Gasteiger partial charge in [0.1, 0.15) is 5.82 Å². The zero-order chi connectivity index (χ0) is 20.4. The summed E-state index contributed by atoms with van der Waals surface area (Å²) < 4.78 is 46.1. The fourth-order valence-corrected chi connectivity index (χ4v) is 4.97. The van der Waals surface area contributed by atoms with Crippen LogP contribution in [0.25, 0.3) is 11.5 Å². The number of halogens is 1. The van der Waals surface area contributed by atoms with Crippen molar-refractivity contribution in [1.29, 1.82) is 0 Å². The lowest BCUT2D eigenvalue weighted by molar-refractivity contribution is 0.291. The van der Waals surface area contributed by atoms with Crippen LogP contribution in [0.1, 0.15) is 37.1 Å². The van der Waals surface area contributed by atoms with E-state index >= 15 is 0 Å². The lowest BCUT2D eigenvalue weighted by Gasteiger charge is -2.29. The van der Waals surface area contributed by atoms with Crippen LogP contribution in [0.15, 0.2) is 57.8 Å². The van der Waals surface area contributed by atoms with Crippen LogP contribution >= 0.6 is 0 Å². The number of aryl methyl sites for hydroxylation is 1. The average Bonchev–Trinajstić information content (AvgIpc) is 3.24. The van der Waals surface area contributed by atoms with Crippen molar-refractivity contribution in [2.75, 3.05) is 13.1 Å². The van der Waals surface area contributed by atoms with Crippen molar-refractivity contribution in [2.45, 2.75) is 37.0 Å². The lowest BCUT2D eigenvalue weighted by atomic mass is 9.98. The highest BCUT2D eigenvalue weighted by Gasteiger charge is 2.32. The predicted molar refractivity (Wildman–Crippen MR) is 106 cm³/mol. The summed E-state index contributed by atoms with van der Waals surface area (Å²) in [6.45, 7) is 2.83. The van der Waals surface area contributed by atoms with E-state index in [0.29, 0.717) is 48.2 Å². The van der Waals surface area contributed by atoms with Gasteiger partial charge in [0.05, 0.1) is 4.90 Å². The first-order valence-corrected chi connectivity index (χ1v) is 11.1. The second-order valence-electron chi connectivity index (χ2n) is 7.13. The molecule has 3 aromatic rings. The predicted octanol–water partition coefficient (Wildman–Crippen LogP) is 4.01. The monoisotopic (exact) mass is 415 g/mol. The van der Waals surface area contributed by atoms with Gasteiger partial charge in [-0.1, -0.05) is 19.1 Å². The van der Waals surface area contributed by atoms with Crippen LogP contribution in [0.2, 0.25) is 0 Å². The molecular weight excluding hydrogens is 393 g/mol. The van der Waals surface area contributed by atoms with E-state index in [9.17, 15) is 12.8 Å². The van der Waals surface area contributed by atoms with Crippen LogP contribution < -0.4 is 0 Å². The first kappa shape index (κ1) is 19.7. The Bertz CT molecular complexity index is 1070. The number of piperidine rings is 1. The normalized spacial score (nSPS) is 16.2. The van der Waals surface area contributed by atoms with Crippen molar-refractivity contribution in [1.82, 2.24) is 14.5 Å². The van der Waals surface area contributed by atoms with Gasteiger partial charge in [0.15, 0.2) is 0 Å². The summed E-state index contributed by atoms with van der Waals surface area (Å²) >= 11 is 0. The van der Waals surface area contributed by atoms with Crippen LogP contribution in [0.3, 0.4) is 0 Å². The van der Waals surface area contributed by atoms with Gasteiger partial charge < -0.3 is 4.42 Å².